The van der Waals surface area contributed by atoms with E-state index < -0.39 is 12.1 Å². The smallest absolute Gasteiger partial charge is 0.475 e. The van der Waals surface area contributed by atoms with Gasteiger partial charge in [0.25, 0.3) is 5.56 Å². The molecular weight excluding hydrogens is 561 g/mol. The second-order valence-electron chi connectivity index (χ2n) is 10.3. The second-order valence-corrected chi connectivity index (χ2v) is 11.6. The number of aromatic nitrogens is 2. The van der Waals surface area contributed by atoms with Crippen molar-refractivity contribution >= 4 is 23.6 Å². The molecule has 2 aliphatic heterocycles. The number of rotatable bonds is 9. The van der Waals surface area contributed by atoms with Crippen molar-refractivity contribution in [2.24, 2.45) is 0 Å². The molecule has 41 heavy (non-hydrogen) atoms. The molecule has 1 atom stereocenters. The van der Waals surface area contributed by atoms with Gasteiger partial charge in [0.15, 0.2) is 5.16 Å². The molecule has 5 rings (SSSR count). The van der Waals surface area contributed by atoms with Crippen LogP contribution in [0.25, 0.3) is 0 Å². The third kappa shape index (κ3) is 8.79. The maximum atomic E-state index is 13.6. The average Bonchev–Trinajstić information content (AvgIpc) is 3.44. The fourth-order valence-electron chi connectivity index (χ4n) is 4.77. The highest BCUT2D eigenvalue weighted by Gasteiger charge is 2.38. The third-order valence-corrected chi connectivity index (χ3v) is 8.63. The zero-order chi connectivity index (χ0) is 29.4. The number of thioether (sulfide) groups is 1. The molecule has 2 aromatic rings. The van der Waals surface area contributed by atoms with Gasteiger partial charge in [0.1, 0.15) is 0 Å². The number of carbonyl (C=O) groups excluding carboxylic acids is 1. The zero-order valence-corrected chi connectivity index (χ0v) is 23.5. The molecule has 0 bridgehead atoms. The number of benzene rings is 1. The van der Waals surface area contributed by atoms with Gasteiger partial charge in [-0.15, -0.1) is 0 Å². The van der Waals surface area contributed by atoms with Gasteiger partial charge < -0.3 is 20.1 Å². The second kappa shape index (κ2) is 14.3. The van der Waals surface area contributed by atoms with Crippen molar-refractivity contribution in [2.75, 3.05) is 19.7 Å². The largest absolute Gasteiger partial charge is 0.490 e. The van der Waals surface area contributed by atoms with E-state index in [0.717, 1.165) is 36.8 Å². The highest BCUT2D eigenvalue weighted by atomic mass is 32.2. The number of hydrogen-bond acceptors (Lipinski definition) is 7. The molecule has 3 aliphatic rings. The molecule has 224 valence electrons. The first-order chi connectivity index (χ1) is 19.6. The first-order valence-electron chi connectivity index (χ1n) is 13.8. The van der Waals surface area contributed by atoms with E-state index in [1.54, 1.807) is 11.8 Å². The van der Waals surface area contributed by atoms with Gasteiger partial charge in [-0.25, -0.2) is 9.78 Å². The summed E-state index contributed by atoms with van der Waals surface area (Å²) in [5, 5.41) is 11.9. The number of hydrogen-bond donors (Lipinski definition) is 2. The Morgan fingerprint density at radius 3 is 2.49 bits per heavy atom. The van der Waals surface area contributed by atoms with Crippen molar-refractivity contribution in [2.45, 2.75) is 87.3 Å². The third-order valence-electron chi connectivity index (χ3n) is 7.30. The van der Waals surface area contributed by atoms with Crippen molar-refractivity contribution < 1.29 is 32.6 Å². The molecule has 1 saturated carbocycles. The minimum absolute atomic E-state index is 0.0158. The van der Waals surface area contributed by atoms with Crippen LogP contribution in [0.4, 0.5) is 13.2 Å². The van der Waals surface area contributed by atoms with E-state index in [1.807, 2.05) is 27.7 Å². The lowest BCUT2D eigenvalue weighted by atomic mass is 10.0. The standard InChI is InChI=1S/C26H34N4O3S.C2HF3O2/c31-24(11-13-27-16-19-6-2-1-3-7-19)29-14-12-23-22(18-29)25(32)30(17-20-8-5-15-33-20)26(28-23)34-21-9-4-10-21;3-2(4,5)1(6)7/h1-3,6-7,20-21,27H,4-5,8-18H2;(H,6,7)/t20-;/m1./s1. The molecule has 1 amide bonds. The molecular formula is C28H35F3N4O5S. The number of carbonyl (C=O) groups is 2. The van der Waals surface area contributed by atoms with Gasteiger partial charge in [-0.1, -0.05) is 48.5 Å². The van der Waals surface area contributed by atoms with Gasteiger partial charge in [0.05, 0.1) is 30.5 Å². The fraction of sp³-hybridized carbons (Fsp3) is 0.571. The van der Waals surface area contributed by atoms with Gasteiger partial charge in [0, 0.05) is 44.3 Å². The maximum Gasteiger partial charge on any atom is 0.490 e. The predicted molar refractivity (Wildman–Crippen MR) is 147 cm³/mol. The molecule has 2 N–H and O–H groups in total. The number of amides is 1. The first-order valence-corrected chi connectivity index (χ1v) is 14.7. The highest BCUT2D eigenvalue weighted by Crippen LogP contribution is 2.36. The summed E-state index contributed by atoms with van der Waals surface area (Å²) >= 11 is 1.75. The number of carboxylic acid groups (broad SMARTS) is 1. The molecule has 9 nitrogen and oxygen atoms in total. The van der Waals surface area contributed by atoms with Crippen molar-refractivity contribution in [3.63, 3.8) is 0 Å². The van der Waals surface area contributed by atoms with E-state index in [2.05, 4.69) is 17.4 Å². The van der Waals surface area contributed by atoms with Crippen molar-refractivity contribution in [3.8, 4) is 0 Å². The lowest BCUT2D eigenvalue weighted by molar-refractivity contribution is -0.192. The molecule has 1 aliphatic carbocycles. The fourth-order valence-corrected chi connectivity index (χ4v) is 6.08. The van der Waals surface area contributed by atoms with E-state index in [9.17, 15) is 22.8 Å². The summed E-state index contributed by atoms with van der Waals surface area (Å²) in [6.45, 7) is 3.68. The molecule has 3 heterocycles. The van der Waals surface area contributed by atoms with Gasteiger partial charge in [-0.3, -0.25) is 14.2 Å². The molecule has 1 aromatic carbocycles. The minimum Gasteiger partial charge on any atom is -0.475 e. The lowest BCUT2D eigenvalue weighted by Crippen LogP contribution is -2.42. The Morgan fingerprint density at radius 2 is 1.88 bits per heavy atom. The number of aliphatic carboxylic acids is 1. The van der Waals surface area contributed by atoms with Crippen molar-refractivity contribution in [1.82, 2.24) is 19.8 Å². The number of fused-ring (bicyclic) bond motifs is 1. The number of nitrogens with zero attached hydrogens (tertiary/aromatic N) is 3. The normalized spacial score (nSPS) is 18.7. The van der Waals surface area contributed by atoms with E-state index in [-0.39, 0.29) is 17.6 Å². The summed E-state index contributed by atoms with van der Waals surface area (Å²) in [7, 11) is 0. The number of nitrogens with one attached hydrogen (secondary N) is 1. The van der Waals surface area contributed by atoms with Crippen LogP contribution >= 0.6 is 11.8 Å². The Kier molecular flexibility index (Phi) is 10.8. The topological polar surface area (TPSA) is 114 Å². The summed E-state index contributed by atoms with van der Waals surface area (Å²) < 4.78 is 39.4. The van der Waals surface area contributed by atoms with Crippen LogP contribution in [0.1, 0.15) is 55.3 Å². The molecule has 0 spiro atoms. The molecule has 0 unspecified atom stereocenters. The first kappa shape index (κ1) is 31.0. The summed E-state index contributed by atoms with van der Waals surface area (Å²) in [5.41, 5.74) is 2.78. The van der Waals surface area contributed by atoms with Crippen LogP contribution in [-0.2, 0) is 40.4 Å². The monoisotopic (exact) mass is 596 g/mol. The highest BCUT2D eigenvalue weighted by molar-refractivity contribution is 7.99. The van der Waals surface area contributed by atoms with E-state index >= 15 is 0 Å². The summed E-state index contributed by atoms with van der Waals surface area (Å²) in [5.74, 6) is -2.67. The van der Waals surface area contributed by atoms with E-state index in [0.29, 0.717) is 49.8 Å². The molecule has 2 fully saturated rings. The number of carboxylic acids is 1. The van der Waals surface area contributed by atoms with Crippen LogP contribution in [-0.4, -0.2) is 68.7 Å². The van der Waals surface area contributed by atoms with Gasteiger partial charge >= 0.3 is 12.1 Å². The lowest BCUT2D eigenvalue weighted by Gasteiger charge is -2.30. The van der Waals surface area contributed by atoms with Gasteiger partial charge in [-0.2, -0.15) is 13.2 Å². The summed E-state index contributed by atoms with van der Waals surface area (Å²) in [6.07, 6.45) is 1.74. The number of halogens is 3. The Labute approximate surface area is 240 Å². The maximum absolute atomic E-state index is 13.6. The quantitative estimate of drug-likeness (QED) is 0.332. The zero-order valence-electron chi connectivity index (χ0n) is 22.7. The van der Waals surface area contributed by atoms with Crippen molar-refractivity contribution in [3.05, 3.63) is 57.5 Å². The van der Waals surface area contributed by atoms with E-state index in [4.69, 9.17) is 19.6 Å². The predicted octanol–water partition coefficient (Wildman–Crippen LogP) is 3.76. The van der Waals surface area contributed by atoms with Gasteiger partial charge in [0.2, 0.25) is 5.91 Å². The molecule has 1 aromatic heterocycles. The Bertz CT molecular complexity index is 1250. The SMILES string of the molecule is O=C(CCNCc1ccccc1)N1CCc2nc(SC3CCC3)n(C[C@H]3CCCO3)c(=O)c2C1.O=C(O)C(F)(F)F. The van der Waals surface area contributed by atoms with Crippen LogP contribution < -0.4 is 10.9 Å². The Hall–Kier alpha value is -2.90. The van der Waals surface area contributed by atoms with Gasteiger partial charge in [-0.05, 0) is 31.2 Å². The molecule has 1 saturated heterocycles. The van der Waals surface area contributed by atoms with E-state index in [1.165, 1.54) is 24.8 Å². The van der Waals surface area contributed by atoms with Crippen LogP contribution in [0.3, 0.4) is 0 Å². The van der Waals surface area contributed by atoms with Crippen LogP contribution in [0.5, 0.6) is 0 Å². The van der Waals surface area contributed by atoms with Crippen LogP contribution in [0, 0.1) is 0 Å². The summed E-state index contributed by atoms with van der Waals surface area (Å²) in [6, 6.07) is 10.2. The number of ether oxygens (including phenoxy) is 1. The van der Waals surface area contributed by atoms with Crippen LogP contribution in [0.15, 0.2) is 40.3 Å². The summed E-state index contributed by atoms with van der Waals surface area (Å²) in [4.78, 5) is 42.2. The average molecular weight is 597 g/mol. The Morgan fingerprint density at radius 1 is 1.15 bits per heavy atom. The Balaban J connectivity index is 0.000000493. The van der Waals surface area contributed by atoms with Crippen molar-refractivity contribution in [1.29, 1.82) is 0 Å². The number of alkyl halides is 3. The van der Waals surface area contributed by atoms with Crippen LogP contribution in [0.2, 0.25) is 0 Å². The molecule has 13 heteroatoms. The molecule has 0 radical (unpaired) electrons. The minimum atomic E-state index is -5.08.